The first-order chi connectivity index (χ1) is 13.7. The summed E-state index contributed by atoms with van der Waals surface area (Å²) in [7, 11) is 1.64. The van der Waals surface area contributed by atoms with Crippen LogP contribution < -0.4 is 10.1 Å². The molecular formula is C23H31NO5. The average molecular weight is 402 g/mol. The maximum absolute atomic E-state index is 12.3. The van der Waals surface area contributed by atoms with Crippen molar-refractivity contribution in [1.29, 1.82) is 0 Å². The number of carbonyl (C=O) groups excluding carboxylic acids is 2. The number of furan rings is 1. The van der Waals surface area contributed by atoms with E-state index >= 15 is 0 Å². The van der Waals surface area contributed by atoms with Gasteiger partial charge in [0, 0.05) is 12.0 Å². The van der Waals surface area contributed by atoms with Crippen molar-refractivity contribution in [2.75, 3.05) is 13.7 Å². The topological polar surface area (TPSA) is 77.8 Å². The fraction of sp³-hybridized carbons (Fsp3) is 0.478. The summed E-state index contributed by atoms with van der Waals surface area (Å²) in [6.07, 6.45) is 1.51. The van der Waals surface area contributed by atoms with Gasteiger partial charge in [-0.3, -0.25) is 4.79 Å². The molecule has 0 aliphatic rings. The molecule has 6 nitrogen and oxygen atoms in total. The monoisotopic (exact) mass is 401 g/mol. The Kier molecular flexibility index (Phi) is 7.48. The third-order valence-corrected chi connectivity index (χ3v) is 5.18. The number of rotatable bonds is 9. The van der Waals surface area contributed by atoms with Gasteiger partial charge in [-0.1, -0.05) is 32.9 Å². The van der Waals surface area contributed by atoms with Gasteiger partial charge in [0.15, 0.2) is 5.76 Å². The molecule has 0 saturated heterocycles. The Morgan fingerprint density at radius 2 is 1.90 bits per heavy atom. The fourth-order valence-electron chi connectivity index (χ4n) is 2.92. The van der Waals surface area contributed by atoms with Crippen LogP contribution in [0.15, 0.2) is 34.7 Å². The summed E-state index contributed by atoms with van der Waals surface area (Å²) in [6.45, 7) is 10.1. The molecule has 29 heavy (non-hydrogen) atoms. The second-order valence-corrected chi connectivity index (χ2v) is 7.65. The van der Waals surface area contributed by atoms with Crippen molar-refractivity contribution in [2.24, 2.45) is 0 Å². The number of nitrogens with one attached hydrogen (secondary N) is 1. The molecule has 1 aromatic carbocycles. The van der Waals surface area contributed by atoms with Crippen molar-refractivity contribution in [2.45, 2.75) is 58.9 Å². The number of esters is 1. The number of hydrogen-bond donors (Lipinski definition) is 1. The first-order valence-electron chi connectivity index (χ1n) is 9.95. The van der Waals surface area contributed by atoms with Gasteiger partial charge < -0.3 is 19.2 Å². The molecule has 1 N–H and O–H groups in total. The molecule has 0 aliphatic carbocycles. The summed E-state index contributed by atoms with van der Waals surface area (Å²) >= 11 is 0. The molecule has 2 rings (SSSR count). The van der Waals surface area contributed by atoms with Gasteiger partial charge in [0.2, 0.25) is 0 Å². The lowest BCUT2D eigenvalue weighted by molar-refractivity contribution is -0.144. The van der Waals surface area contributed by atoms with E-state index in [1.54, 1.807) is 33.1 Å². The normalized spacial score (nSPS) is 12.3. The summed E-state index contributed by atoms with van der Waals surface area (Å²) in [5.74, 6) is 0.639. The van der Waals surface area contributed by atoms with E-state index in [2.05, 4.69) is 38.2 Å². The third-order valence-electron chi connectivity index (χ3n) is 5.18. The lowest BCUT2D eigenvalue weighted by atomic mass is 9.81. The molecule has 2 aromatic rings. The number of carbonyl (C=O) groups is 2. The van der Waals surface area contributed by atoms with E-state index < -0.39 is 17.9 Å². The highest BCUT2D eigenvalue weighted by atomic mass is 16.5. The Labute approximate surface area is 172 Å². The number of amides is 1. The smallest absolute Gasteiger partial charge is 0.328 e. The van der Waals surface area contributed by atoms with Crippen LogP contribution in [0.2, 0.25) is 0 Å². The minimum absolute atomic E-state index is 0.0540. The Morgan fingerprint density at radius 3 is 2.52 bits per heavy atom. The molecular weight excluding hydrogens is 370 g/mol. The maximum Gasteiger partial charge on any atom is 0.328 e. The molecule has 0 bridgehead atoms. The molecule has 0 saturated carbocycles. The van der Waals surface area contributed by atoms with E-state index in [1.165, 1.54) is 5.56 Å². The van der Waals surface area contributed by atoms with Crippen LogP contribution in [-0.2, 0) is 21.4 Å². The molecule has 0 spiro atoms. The van der Waals surface area contributed by atoms with Gasteiger partial charge in [0.25, 0.3) is 5.91 Å². The van der Waals surface area contributed by atoms with Crippen LogP contribution in [0.4, 0.5) is 0 Å². The van der Waals surface area contributed by atoms with Gasteiger partial charge >= 0.3 is 5.97 Å². The minimum Gasteiger partial charge on any atom is -0.496 e. The number of benzene rings is 1. The van der Waals surface area contributed by atoms with Gasteiger partial charge in [-0.15, -0.1) is 0 Å². The first kappa shape index (κ1) is 22.5. The zero-order valence-electron chi connectivity index (χ0n) is 18.1. The van der Waals surface area contributed by atoms with E-state index in [4.69, 9.17) is 13.9 Å². The highest BCUT2D eigenvalue weighted by Crippen LogP contribution is 2.32. The van der Waals surface area contributed by atoms with Crippen molar-refractivity contribution in [3.05, 3.63) is 53.0 Å². The molecule has 158 valence electrons. The van der Waals surface area contributed by atoms with Crippen LogP contribution in [0.5, 0.6) is 5.75 Å². The molecule has 1 heterocycles. The fourth-order valence-corrected chi connectivity index (χ4v) is 2.92. The first-order valence-corrected chi connectivity index (χ1v) is 9.95. The Hall–Kier alpha value is -2.76. The lowest BCUT2D eigenvalue weighted by Gasteiger charge is -2.24. The van der Waals surface area contributed by atoms with E-state index in [0.29, 0.717) is 12.2 Å². The van der Waals surface area contributed by atoms with Gasteiger partial charge in [-0.05, 0) is 49.4 Å². The van der Waals surface area contributed by atoms with Crippen LogP contribution in [0.3, 0.4) is 0 Å². The largest absolute Gasteiger partial charge is 0.496 e. The molecule has 0 fully saturated rings. The standard InChI is InChI=1S/C23H31NO5/c1-7-23(4,5)17-9-11-19(27-6)16(13-17)14-18-10-12-20(29-18)21(25)24-15(3)22(26)28-8-2/h9-13,15H,7-8,14H2,1-6H3,(H,24,25). The summed E-state index contributed by atoms with van der Waals surface area (Å²) in [5, 5.41) is 2.59. The molecule has 1 aromatic heterocycles. The number of ether oxygens (including phenoxy) is 2. The van der Waals surface area contributed by atoms with Crippen LogP contribution in [0, 0.1) is 0 Å². The number of hydrogen-bond acceptors (Lipinski definition) is 5. The Morgan fingerprint density at radius 1 is 1.17 bits per heavy atom. The summed E-state index contributed by atoms with van der Waals surface area (Å²) in [4.78, 5) is 24.0. The zero-order chi connectivity index (χ0) is 21.6. The maximum atomic E-state index is 12.3. The molecule has 0 aliphatic heterocycles. The van der Waals surface area contributed by atoms with E-state index in [-0.39, 0.29) is 17.8 Å². The predicted octanol–water partition coefficient (Wildman–Crippen LogP) is 4.25. The second kappa shape index (κ2) is 9.63. The van der Waals surface area contributed by atoms with Crippen molar-refractivity contribution < 1.29 is 23.5 Å². The third kappa shape index (κ3) is 5.62. The Bertz CT molecular complexity index is 853. The lowest BCUT2D eigenvalue weighted by Crippen LogP contribution is -2.39. The van der Waals surface area contributed by atoms with Gasteiger partial charge in [0.1, 0.15) is 17.6 Å². The SMILES string of the molecule is CCOC(=O)C(C)NC(=O)c1ccc(Cc2cc(C(C)(C)CC)ccc2OC)o1. The Balaban J connectivity index is 2.16. The van der Waals surface area contributed by atoms with Crippen molar-refractivity contribution in [3.63, 3.8) is 0 Å². The van der Waals surface area contributed by atoms with E-state index in [0.717, 1.165) is 17.7 Å². The summed E-state index contributed by atoms with van der Waals surface area (Å²) in [6, 6.07) is 8.82. The molecule has 6 heteroatoms. The zero-order valence-corrected chi connectivity index (χ0v) is 18.1. The van der Waals surface area contributed by atoms with Crippen molar-refractivity contribution in [3.8, 4) is 5.75 Å². The summed E-state index contributed by atoms with van der Waals surface area (Å²) < 4.78 is 16.1. The summed E-state index contributed by atoms with van der Waals surface area (Å²) in [5.41, 5.74) is 2.27. The minimum atomic E-state index is -0.746. The second-order valence-electron chi connectivity index (χ2n) is 7.65. The van der Waals surface area contributed by atoms with Crippen LogP contribution in [0.1, 0.15) is 68.5 Å². The van der Waals surface area contributed by atoms with Gasteiger partial charge in [-0.2, -0.15) is 0 Å². The quantitative estimate of drug-likeness (QED) is 0.636. The van der Waals surface area contributed by atoms with Gasteiger partial charge in [0.05, 0.1) is 13.7 Å². The van der Waals surface area contributed by atoms with Crippen molar-refractivity contribution in [1.82, 2.24) is 5.32 Å². The average Bonchev–Trinajstić information content (AvgIpc) is 3.16. The van der Waals surface area contributed by atoms with Gasteiger partial charge in [-0.25, -0.2) is 4.79 Å². The molecule has 1 amide bonds. The highest BCUT2D eigenvalue weighted by Gasteiger charge is 2.22. The van der Waals surface area contributed by atoms with Crippen LogP contribution >= 0.6 is 0 Å². The van der Waals surface area contributed by atoms with Crippen LogP contribution in [0.25, 0.3) is 0 Å². The highest BCUT2D eigenvalue weighted by molar-refractivity contribution is 5.94. The van der Waals surface area contributed by atoms with E-state index in [9.17, 15) is 9.59 Å². The number of methoxy groups -OCH3 is 1. The molecule has 1 unspecified atom stereocenters. The molecule has 0 radical (unpaired) electrons. The van der Waals surface area contributed by atoms with E-state index in [1.807, 2.05) is 6.07 Å². The predicted molar refractivity (Wildman–Crippen MR) is 111 cm³/mol. The van der Waals surface area contributed by atoms with Crippen molar-refractivity contribution >= 4 is 11.9 Å². The molecule has 1 atom stereocenters. The van der Waals surface area contributed by atoms with Crippen LogP contribution in [-0.4, -0.2) is 31.6 Å².